The molecule has 80 valence electrons. The lowest BCUT2D eigenvalue weighted by atomic mass is 10.4. The van der Waals surface area contributed by atoms with E-state index >= 15 is 0 Å². The molecule has 7 heteroatoms. The maximum atomic E-state index is 9.31. The quantitative estimate of drug-likeness (QED) is 0.782. The number of hydrogen-bond acceptors (Lipinski definition) is 5. The lowest BCUT2D eigenvalue weighted by Crippen LogP contribution is -2.13. The Morgan fingerprint density at radius 1 is 1.60 bits per heavy atom. The van der Waals surface area contributed by atoms with Crippen LogP contribution in [0, 0.1) is 3.70 Å². The minimum atomic E-state index is -0.472. The van der Waals surface area contributed by atoms with E-state index in [4.69, 9.17) is 5.73 Å². The first kappa shape index (κ1) is 10.6. The van der Waals surface area contributed by atoms with Gasteiger partial charge in [0.1, 0.15) is 15.8 Å². The van der Waals surface area contributed by atoms with Crippen molar-refractivity contribution < 1.29 is 5.11 Å². The van der Waals surface area contributed by atoms with Gasteiger partial charge in [-0.1, -0.05) is 0 Å². The zero-order valence-corrected chi connectivity index (χ0v) is 10.2. The van der Waals surface area contributed by atoms with Crippen molar-refractivity contribution in [2.24, 2.45) is 0 Å². The molecular weight excluding hydrogens is 309 g/mol. The van der Waals surface area contributed by atoms with E-state index in [1.165, 1.54) is 6.33 Å². The SMILES string of the molecule is CC(O)Cn1nc(I)c2c(N)ncnc21. The molecule has 0 aliphatic heterocycles. The van der Waals surface area contributed by atoms with Crippen LogP contribution < -0.4 is 5.73 Å². The van der Waals surface area contributed by atoms with Crippen molar-refractivity contribution in [3.63, 3.8) is 0 Å². The number of nitrogens with two attached hydrogens (primary N) is 1. The van der Waals surface area contributed by atoms with Crippen molar-refractivity contribution in [3.05, 3.63) is 10.0 Å². The first-order valence-corrected chi connectivity index (χ1v) is 5.48. The van der Waals surface area contributed by atoms with Crippen LogP contribution in [-0.2, 0) is 6.54 Å². The fraction of sp³-hybridized carbons (Fsp3) is 0.375. The number of nitrogen functional groups attached to an aromatic ring is 1. The predicted octanol–water partition coefficient (Wildman–Crippen LogP) is 0.394. The summed E-state index contributed by atoms with van der Waals surface area (Å²) in [6, 6.07) is 0. The summed E-state index contributed by atoms with van der Waals surface area (Å²) in [5.41, 5.74) is 6.39. The van der Waals surface area contributed by atoms with Gasteiger partial charge in [0.25, 0.3) is 0 Å². The number of anilines is 1. The van der Waals surface area contributed by atoms with Crippen LogP contribution in [0.4, 0.5) is 5.82 Å². The molecule has 15 heavy (non-hydrogen) atoms. The van der Waals surface area contributed by atoms with Crippen molar-refractivity contribution in [2.75, 3.05) is 5.73 Å². The van der Waals surface area contributed by atoms with Gasteiger partial charge in [0.2, 0.25) is 0 Å². The first-order valence-electron chi connectivity index (χ1n) is 4.40. The molecule has 1 atom stereocenters. The molecule has 2 aromatic rings. The number of aliphatic hydroxyl groups is 1. The largest absolute Gasteiger partial charge is 0.391 e. The summed E-state index contributed by atoms with van der Waals surface area (Å²) in [7, 11) is 0. The monoisotopic (exact) mass is 319 g/mol. The molecule has 0 aliphatic rings. The highest BCUT2D eigenvalue weighted by Gasteiger charge is 2.13. The highest BCUT2D eigenvalue weighted by molar-refractivity contribution is 14.1. The second-order valence-corrected chi connectivity index (χ2v) is 4.30. The molecule has 6 nitrogen and oxygen atoms in total. The van der Waals surface area contributed by atoms with Crippen molar-refractivity contribution in [1.82, 2.24) is 19.7 Å². The van der Waals surface area contributed by atoms with Crippen LogP contribution in [0.15, 0.2) is 6.33 Å². The molecule has 2 aromatic heterocycles. The standard InChI is InChI=1S/C8H10IN5O/c1-4(15)2-14-8-5(6(9)13-14)7(10)11-3-12-8/h3-4,15H,2H2,1H3,(H2,10,11,12). The first-order chi connectivity index (χ1) is 7.09. The number of halogens is 1. The van der Waals surface area contributed by atoms with Crippen LogP contribution in [0.25, 0.3) is 11.0 Å². The summed E-state index contributed by atoms with van der Waals surface area (Å²) in [4.78, 5) is 8.02. The predicted molar refractivity (Wildman–Crippen MR) is 64.1 cm³/mol. The van der Waals surface area contributed by atoms with E-state index in [-0.39, 0.29) is 0 Å². The molecule has 0 spiro atoms. The second kappa shape index (κ2) is 3.89. The van der Waals surface area contributed by atoms with Gasteiger partial charge in [-0.05, 0) is 29.5 Å². The van der Waals surface area contributed by atoms with Crippen LogP contribution in [0.1, 0.15) is 6.92 Å². The van der Waals surface area contributed by atoms with Gasteiger partial charge in [-0.15, -0.1) is 0 Å². The van der Waals surface area contributed by atoms with E-state index in [1.807, 2.05) is 0 Å². The second-order valence-electron chi connectivity index (χ2n) is 3.28. The Labute approximate surface area is 99.7 Å². The van der Waals surface area contributed by atoms with E-state index in [2.05, 4.69) is 37.7 Å². The topological polar surface area (TPSA) is 89.8 Å². The minimum absolute atomic E-state index is 0.399. The van der Waals surface area contributed by atoms with Gasteiger partial charge in [-0.25, -0.2) is 14.6 Å². The number of aromatic nitrogens is 4. The fourth-order valence-corrected chi connectivity index (χ4v) is 2.14. The fourth-order valence-electron chi connectivity index (χ4n) is 1.36. The lowest BCUT2D eigenvalue weighted by molar-refractivity contribution is 0.170. The minimum Gasteiger partial charge on any atom is -0.391 e. The summed E-state index contributed by atoms with van der Waals surface area (Å²) in [5, 5.41) is 14.3. The molecule has 2 rings (SSSR count). The van der Waals surface area contributed by atoms with Gasteiger partial charge in [-0.2, -0.15) is 5.10 Å². The average Bonchev–Trinajstić information content (AvgIpc) is 2.44. The van der Waals surface area contributed by atoms with Crippen LogP contribution >= 0.6 is 22.6 Å². The summed E-state index contributed by atoms with van der Waals surface area (Å²) < 4.78 is 2.39. The Morgan fingerprint density at radius 2 is 2.33 bits per heavy atom. The Morgan fingerprint density at radius 3 is 3.00 bits per heavy atom. The van der Waals surface area contributed by atoms with Gasteiger partial charge in [0.15, 0.2) is 5.65 Å². The lowest BCUT2D eigenvalue weighted by Gasteiger charge is -2.04. The third kappa shape index (κ3) is 1.88. The van der Waals surface area contributed by atoms with E-state index < -0.39 is 6.10 Å². The third-order valence-electron chi connectivity index (χ3n) is 1.95. The number of fused-ring (bicyclic) bond motifs is 1. The summed E-state index contributed by atoms with van der Waals surface area (Å²) in [5.74, 6) is 0.418. The molecule has 0 bridgehead atoms. The van der Waals surface area contributed by atoms with E-state index in [1.54, 1.807) is 11.6 Å². The highest BCUT2D eigenvalue weighted by atomic mass is 127. The molecule has 0 saturated heterocycles. The zero-order valence-electron chi connectivity index (χ0n) is 8.05. The molecule has 0 aliphatic carbocycles. The maximum absolute atomic E-state index is 9.31. The van der Waals surface area contributed by atoms with Gasteiger partial charge in [-0.3, -0.25) is 0 Å². The van der Waals surface area contributed by atoms with Crippen LogP contribution in [0.2, 0.25) is 0 Å². The number of nitrogens with zero attached hydrogens (tertiary/aromatic N) is 4. The van der Waals surface area contributed by atoms with Crippen molar-refractivity contribution in [2.45, 2.75) is 19.6 Å². The molecule has 0 fully saturated rings. The Kier molecular flexibility index (Phi) is 2.74. The molecule has 0 amide bonds. The molecule has 1 unspecified atom stereocenters. The smallest absolute Gasteiger partial charge is 0.164 e. The van der Waals surface area contributed by atoms with Crippen molar-refractivity contribution in [1.29, 1.82) is 0 Å². The molecule has 3 N–H and O–H groups in total. The number of aliphatic hydroxyl groups excluding tert-OH is 1. The number of hydrogen-bond donors (Lipinski definition) is 2. The number of rotatable bonds is 2. The Hall–Kier alpha value is -0.960. The zero-order chi connectivity index (χ0) is 11.0. The van der Waals surface area contributed by atoms with Gasteiger partial charge >= 0.3 is 0 Å². The van der Waals surface area contributed by atoms with Crippen LogP contribution in [0.3, 0.4) is 0 Å². The van der Waals surface area contributed by atoms with Crippen LogP contribution in [0.5, 0.6) is 0 Å². The Bertz CT molecular complexity index is 495. The van der Waals surface area contributed by atoms with Gasteiger partial charge in [0, 0.05) is 0 Å². The normalized spacial score (nSPS) is 13.3. The van der Waals surface area contributed by atoms with E-state index in [0.717, 1.165) is 9.09 Å². The molecule has 0 saturated carbocycles. The maximum Gasteiger partial charge on any atom is 0.164 e. The van der Waals surface area contributed by atoms with Crippen molar-refractivity contribution in [3.8, 4) is 0 Å². The molecular formula is C8H10IN5O. The van der Waals surface area contributed by atoms with Gasteiger partial charge in [0.05, 0.1) is 18.0 Å². The summed E-state index contributed by atoms with van der Waals surface area (Å²) >= 11 is 2.08. The molecule has 2 heterocycles. The van der Waals surface area contributed by atoms with E-state index in [0.29, 0.717) is 18.0 Å². The molecule has 0 radical (unpaired) electrons. The third-order valence-corrected chi connectivity index (χ3v) is 2.71. The van der Waals surface area contributed by atoms with E-state index in [9.17, 15) is 5.11 Å². The van der Waals surface area contributed by atoms with Gasteiger partial charge < -0.3 is 10.8 Å². The average molecular weight is 319 g/mol. The molecule has 0 aromatic carbocycles. The summed E-state index contributed by atoms with van der Waals surface area (Å²) in [6.07, 6.45) is 0.925. The summed E-state index contributed by atoms with van der Waals surface area (Å²) in [6.45, 7) is 2.10. The van der Waals surface area contributed by atoms with Crippen LogP contribution in [-0.4, -0.2) is 31.0 Å². The van der Waals surface area contributed by atoms with Crippen molar-refractivity contribution >= 4 is 39.4 Å². The highest BCUT2D eigenvalue weighted by Crippen LogP contribution is 2.22. The Balaban J connectivity index is 2.63.